The molecule has 3 rings (SSSR count). The summed E-state index contributed by atoms with van der Waals surface area (Å²) in [6.45, 7) is 3.77. The van der Waals surface area contributed by atoms with Crippen molar-refractivity contribution in [2.75, 3.05) is 19.7 Å². The van der Waals surface area contributed by atoms with Crippen LogP contribution in [0.3, 0.4) is 0 Å². The summed E-state index contributed by atoms with van der Waals surface area (Å²) in [6, 6.07) is 9.64. The summed E-state index contributed by atoms with van der Waals surface area (Å²) in [5.41, 5.74) is 0.631. The van der Waals surface area contributed by atoms with Crippen LogP contribution >= 0.6 is 0 Å². The van der Waals surface area contributed by atoms with E-state index in [2.05, 4.69) is 0 Å². The molecule has 2 aliphatic rings. The fourth-order valence-corrected chi connectivity index (χ4v) is 3.38. The molecule has 2 fully saturated rings. The van der Waals surface area contributed by atoms with Crippen LogP contribution in [-0.4, -0.2) is 36.7 Å². The van der Waals surface area contributed by atoms with Gasteiger partial charge < -0.3 is 14.4 Å². The number of carbonyl (C=O) groups excluding carboxylic acids is 2. The monoisotopic (exact) mass is 317 g/mol. The summed E-state index contributed by atoms with van der Waals surface area (Å²) in [5.74, 6) is 0.107. The van der Waals surface area contributed by atoms with E-state index in [1.807, 2.05) is 37.3 Å². The van der Waals surface area contributed by atoms with Crippen LogP contribution in [0.25, 0.3) is 0 Å². The zero-order valence-electron chi connectivity index (χ0n) is 13.5. The molecular formula is C18H23NO4. The summed E-state index contributed by atoms with van der Waals surface area (Å²) < 4.78 is 10.6. The molecule has 1 aromatic carbocycles. The average Bonchev–Trinajstić information content (AvgIpc) is 3.24. The molecule has 1 atom stereocenters. The Hall–Kier alpha value is -2.04. The number of esters is 1. The van der Waals surface area contributed by atoms with Crippen LogP contribution in [0.1, 0.15) is 31.7 Å². The highest BCUT2D eigenvalue weighted by Crippen LogP contribution is 2.55. The predicted octanol–water partition coefficient (Wildman–Crippen LogP) is 2.99. The third kappa shape index (κ3) is 3.33. The smallest absolute Gasteiger partial charge is 0.410 e. The van der Waals surface area contributed by atoms with E-state index in [0.717, 1.165) is 24.8 Å². The Labute approximate surface area is 136 Å². The topological polar surface area (TPSA) is 55.8 Å². The minimum absolute atomic E-state index is 0.0931. The third-order valence-corrected chi connectivity index (χ3v) is 4.90. The molecule has 0 aromatic heterocycles. The van der Waals surface area contributed by atoms with Crippen LogP contribution in [0.2, 0.25) is 0 Å². The molecule has 124 valence electrons. The molecule has 5 heteroatoms. The van der Waals surface area contributed by atoms with Gasteiger partial charge in [-0.1, -0.05) is 30.3 Å². The summed E-state index contributed by atoms with van der Waals surface area (Å²) in [5, 5.41) is 0. The van der Waals surface area contributed by atoms with Gasteiger partial charge in [0.15, 0.2) is 0 Å². The quantitative estimate of drug-likeness (QED) is 0.783. The highest BCUT2D eigenvalue weighted by Gasteiger charge is 2.58. The van der Waals surface area contributed by atoms with Gasteiger partial charge in [-0.2, -0.15) is 0 Å². The molecule has 1 saturated carbocycles. The molecule has 1 aliphatic carbocycles. The van der Waals surface area contributed by atoms with Crippen LogP contribution in [0.5, 0.6) is 0 Å². The Kier molecular flexibility index (Phi) is 4.55. The molecule has 0 unspecified atom stereocenters. The SMILES string of the molecule is CCOC(=O)C1([C@@H]2CCN(C(=O)OCc3ccccc3)C2)CC1. The minimum Gasteiger partial charge on any atom is -0.466 e. The molecule has 1 amide bonds. The summed E-state index contributed by atoms with van der Waals surface area (Å²) >= 11 is 0. The lowest BCUT2D eigenvalue weighted by Gasteiger charge is -2.21. The van der Waals surface area contributed by atoms with Crippen molar-refractivity contribution in [3.63, 3.8) is 0 Å². The van der Waals surface area contributed by atoms with Crippen molar-refractivity contribution in [2.24, 2.45) is 11.3 Å². The van der Waals surface area contributed by atoms with E-state index in [1.54, 1.807) is 4.90 Å². The lowest BCUT2D eigenvalue weighted by atomic mass is 9.88. The van der Waals surface area contributed by atoms with Crippen molar-refractivity contribution in [1.29, 1.82) is 0 Å². The Balaban J connectivity index is 1.51. The van der Waals surface area contributed by atoms with Gasteiger partial charge in [-0.3, -0.25) is 4.79 Å². The molecule has 0 N–H and O–H groups in total. The van der Waals surface area contributed by atoms with Crippen molar-refractivity contribution >= 4 is 12.1 Å². The molecule has 1 saturated heterocycles. The van der Waals surface area contributed by atoms with E-state index < -0.39 is 0 Å². The third-order valence-electron chi connectivity index (χ3n) is 4.90. The Morgan fingerprint density at radius 3 is 2.61 bits per heavy atom. The van der Waals surface area contributed by atoms with Gasteiger partial charge in [0.05, 0.1) is 12.0 Å². The van der Waals surface area contributed by atoms with Gasteiger partial charge in [-0.15, -0.1) is 0 Å². The first-order valence-electron chi connectivity index (χ1n) is 8.28. The molecule has 23 heavy (non-hydrogen) atoms. The Bertz CT molecular complexity index is 568. The van der Waals surface area contributed by atoms with E-state index in [0.29, 0.717) is 19.7 Å². The standard InChI is InChI=1S/C18H23NO4/c1-2-22-16(20)18(9-10-18)15-8-11-19(12-15)17(21)23-13-14-6-4-3-5-7-14/h3-7,15H,2,8-13H2,1H3/t15-/m1/s1. The van der Waals surface area contributed by atoms with Crippen molar-refractivity contribution in [1.82, 2.24) is 4.90 Å². The first-order valence-corrected chi connectivity index (χ1v) is 8.28. The van der Waals surface area contributed by atoms with Crippen LogP contribution in [0, 0.1) is 11.3 Å². The van der Waals surface area contributed by atoms with Gasteiger partial charge in [0.25, 0.3) is 0 Å². The fourth-order valence-electron chi connectivity index (χ4n) is 3.38. The maximum absolute atomic E-state index is 12.2. The van der Waals surface area contributed by atoms with Crippen molar-refractivity contribution in [3.05, 3.63) is 35.9 Å². The number of benzene rings is 1. The number of rotatable bonds is 5. The molecular weight excluding hydrogens is 294 g/mol. The molecule has 0 spiro atoms. The van der Waals surface area contributed by atoms with Gasteiger partial charge in [-0.25, -0.2) is 4.79 Å². The molecule has 1 heterocycles. The number of amides is 1. The van der Waals surface area contributed by atoms with Gasteiger partial charge in [0, 0.05) is 13.1 Å². The fraction of sp³-hybridized carbons (Fsp3) is 0.556. The van der Waals surface area contributed by atoms with E-state index >= 15 is 0 Å². The van der Waals surface area contributed by atoms with Gasteiger partial charge in [0.1, 0.15) is 6.61 Å². The number of carbonyl (C=O) groups is 2. The van der Waals surface area contributed by atoms with E-state index in [4.69, 9.17) is 9.47 Å². The van der Waals surface area contributed by atoms with Gasteiger partial charge in [-0.05, 0) is 37.7 Å². The second kappa shape index (κ2) is 6.60. The van der Waals surface area contributed by atoms with E-state index in [1.165, 1.54) is 0 Å². The van der Waals surface area contributed by atoms with Crippen molar-refractivity contribution in [2.45, 2.75) is 32.8 Å². The molecule has 1 aliphatic heterocycles. The largest absolute Gasteiger partial charge is 0.466 e. The molecule has 1 aromatic rings. The number of nitrogens with zero attached hydrogens (tertiary/aromatic N) is 1. The Morgan fingerprint density at radius 2 is 1.96 bits per heavy atom. The highest BCUT2D eigenvalue weighted by molar-refractivity contribution is 5.80. The lowest BCUT2D eigenvalue weighted by molar-refractivity contribution is -0.151. The number of hydrogen-bond donors (Lipinski definition) is 0. The maximum Gasteiger partial charge on any atom is 0.410 e. The van der Waals surface area contributed by atoms with Crippen LogP contribution in [0.15, 0.2) is 30.3 Å². The normalized spacial score (nSPS) is 21.8. The number of hydrogen-bond acceptors (Lipinski definition) is 4. The van der Waals surface area contributed by atoms with E-state index in [-0.39, 0.29) is 30.0 Å². The predicted molar refractivity (Wildman–Crippen MR) is 84.6 cm³/mol. The average molecular weight is 317 g/mol. The summed E-state index contributed by atoms with van der Waals surface area (Å²) in [7, 11) is 0. The lowest BCUT2D eigenvalue weighted by Crippen LogP contribution is -2.33. The molecule has 0 radical (unpaired) electrons. The minimum atomic E-state index is -0.343. The Morgan fingerprint density at radius 1 is 1.22 bits per heavy atom. The van der Waals surface area contributed by atoms with Crippen molar-refractivity contribution in [3.8, 4) is 0 Å². The summed E-state index contributed by atoms with van der Waals surface area (Å²) in [6.07, 6.45) is 2.31. The number of ether oxygens (including phenoxy) is 2. The van der Waals surface area contributed by atoms with Crippen molar-refractivity contribution < 1.29 is 19.1 Å². The second-order valence-electron chi connectivity index (χ2n) is 6.35. The first kappa shape index (κ1) is 15.8. The second-order valence-corrected chi connectivity index (χ2v) is 6.35. The highest BCUT2D eigenvalue weighted by atomic mass is 16.6. The van der Waals surface area contributed by atoms with Gasteiger partial charge >= 0.3 is 12.1 Å². The van der Waals surface area contributed by atoms with E-state index in [9.17, 15) is 9.59 Å². The zero-order chi connectivity index (χ0) is 16.3. The van der Waals surface area contributed by atoms with Crippen LogP contribution in [0.4, 0.5) is 4.79 Å². The van der Waals surface area contributed by atoms with Crippen LogP contribution in [-0.2, 0) is 20.9 Å². The molecule has 0 bridgehead atoms. The van der Waals surface area contributed by atoms with Gasteiger partial charge in [0.2, 0.25) is 0 Å². The van der Waals surface area contributed by atoms with Crippen LogP contribution < -0.4 is 0 Å². The molecule has 5 nitrogen and oxygen atoms in total. The first-order chi connectivity index (χ1) is 11.2. The summed E-state index contributed by atoms with van der Waals surface area (Å²) in [4.78, 5) is 26.1. The number of likely N-dealkylation sites (tertiary alicyclic amines) is 1. The maximum atomic E-state index is 12.2. The zero-order valence-corrected chi connectivity index (χ0v) is 13.5.